The molecule has 0 heterocycles. The monoisotopic (exact) mass is 566 g/mol. The van der Waals surface area contributed by atoms with Gasteiger partial charge in [0, 0.05) is 42.4 Å². The van der Waals surface area contributed by atoms with E-state index < -0.39 is 28.4 Å². The molecular weight excluding hydrogens is 536 g/mol. The van der Waals surface area contributed by atoms with Crippen molar-refractivity contribution in [1.82, 2.24) is 16.0 Å². The summed E-state index contributed by atoms with van der Waals surface area (Å²) in [7, 11) is -1.02. The predicted octanol–water partition coefficient (Wildman–Crippen LogP) is 0.971. The standard InChI is InChI=1S/C24H31ClN6O6S/c1-4-7-38(35,36)31(13-21(32)28-2)19-9-17(8-18(25)11-19)24(34)30-12-16-6-5-15(23(26)27)10-20(16)37-14-22(33)29-3/h5-6,8-11H,4,7,12-14H2,1-3H3,(H3,26,27)(H,28,32)(H,29,33)(H,30,34). The number of anilines is 1. The van der Waals surface area contributed by atoms with Crippen LogP contribution in [-0.4, -0.2) is 65.0 Å². The number of rotatable bonds is 13. The second-order valence-electron chi connectivity index (χ2n) is 8.07. The first-order valence-electron chi connectivity index (χ1n) is 11.5. The van der Waals surface area contributed by atoms with Crippen molar-refractivity contribution >= 4 is 50.9 Å². The number of sulfonamides is 1. The summed E-state index contributed by atoms with van der Waals surface area (Å²) in [5.41, 5.74) is 6.55. The van der Waals surface area contributed by atoms with Crippen LogP contribution in [0.1, 0.15) is 34.8 Å². The zero-order valence-electron chi connectivity index (χ0n) is 21.3. The van der Waals surface area contributed by atoms with Crippen molar-refractivity contribution in [3.8, 4) is 5.75 Å². The maximum Gasteiger partial charge on any atom is 0.257 e. The van der Waals surface area contributed by atoms with Crippen LogP contribution in [0, 0.1) is 5.41 Å². The third-order valence-corrected chi connectivity index (χ3v) is 7.41. The fourth-order valence-corrected chi connectivity index (χ4v) is 4.98. The molecule has 0 radical (unpaired) electrons. The van der Waals surface area contributed by atoms with Gasteiger partial charge in [0.15, 0.2) is 6.61 Å². The highest BCUT2D eigenvalue weighted by molar-refractivity contribution is 7.92. The van der Waals surface area contributed by atoms with E-state index in [1.807, 2.05) is 0 Å². The van der Waals surface area contributed by atoms with Gasteiger partial charge in [-0.2, -0.15) is 0 Å². The summed E-state index contributed by atoms with van der Waals surface area (Å²) >= 11 is 6.22. The Morgan fingerprint density at radius 3 is 2.34 bits per heavy atom. The van der Waals surface area contributed by atoms with Gasteiger partial charge in [-0.05, 0) is 30.7 Å². The van der Waals surface area contributed by atoms with Gasteiger partial charge in [-0.25, -0.2) is 8.42 Å². The van der Waals surface area contributed by atoms with E-state index in [0.29, 0.717) is 17.5 Å². The SMILES string of the molecule is CCCS(=O)(=O)N(CC(=O)NC)c1cc(Cl)cc(C(=O)NCc2ccc(C(=N)N)cc2OCC(=O)NC)c1. The number of amides is 3. The van der Waals surface area contributed by atoms with Crippen molar-refractivity contribution in [3.63, 3.8) is 0 Å². The number of hydrogen-bond donors (Lipinski definition) is 5. The largest absolute Gasteiger partial charge is 0.483 e. The van der Waals surface area contributed by atoms with Crippen LogP contribution in [0.15, 0.2) is 36.4 Å². The second-order valence-corrected chi connectivity index (χ2v) is 10.5. The molecule has 38 heavy (non-hydrogen) atoms. The van der Waals surface area contributed by atoms with Crippen LogP contribution in [0.5, 0.6) is 5.75 Å². The number of carbonyl (C=O) groups excluding carboxylic acids is 3. The third kappa shape index (κ3) is 8.35. The van der Waals surface area contributed by atoms with E-state index in [9.17, 15) is 22.8 Å². The summed E-state index contributed by atoms with van der Waals surface area (Å²) in [6, 6.07) is 8.72. The average Bonchev–Trinajstić information content (AvgIpc) is 2.88. The molecule has 0 saturated carbocycles. The van der Waals surface area contributed by atoms with Gasteiger partial charge in [-0.1, -0.05) is 30.7 Å². The first-order valence-corrected chi connectivity index (χ1v) is 13.5. The summed E-state index contributed by atoms with van der Waals surface area (Å²) in [5, 5.41) is 15.3. The minimum atomic E-state index is -3.87. The Morgan fingerprint density at radius 1 is 1.05 bits per heavy atom. The van der Waals surface area contributed by atoms with Crippen LogP contribution in [0.3, 0.4) is 0 Å². The molecule has 0 bridgehead atoms. The molecule has 12 nitrogen and oxygen atoms in total. The molecule has 3 amide bonds. The van der Waals surface area contributed by atoms with Crippen LogP contribution in [0.25, 0.3) is 0 Å². The number of amidine groups is 1. The number of hydrogen-bond acceptors (Lipinski definition) is 7. The van der Waals surface area contributed by atoms with Crippen molar-refractivity contribution in [3.05, 3.63) is 58.1 Å². The minimum absolute atomic E-state index is 0.0297. The predicted molar refractivity (Wildman–Crippen MR) is 145 cm³/mol. The lowest BCUT2D eigenvalue weighted by atomic mass is 10.1. The zero-order valence-corrected chi connectivity index (χ0v) is 22.8. The van der Waals surface area contributed by atoms with Crippen molar-refractivity contribution in [2.75, 3.05) is 37.3 Å². The van der Waals surface area contributed by atoms with Gasteiger partial charge in [0.1, 0.15) is 18.1 Å². The number of ether oxygens (including phenoxy) is 1. The Bertz CT molecular complexity index is 1320. The number of carbonyl (C=O) groups is 3. The molecule has 0 saturated heterocycles. The van der Waals surface area contributed by atoms with Gasteiger partial charge in [0.25, 0.3) is 11.8 Å². The molecule has 0 unspecified atom stereocenters. The van der Waals surface area contributed by atoms with Crippen LogP contribution in [0.2, 0.25) is 5.02 Å². The summed E-state index contributed by atoms with van der Waals surface area (Å²) in [6.07, 6.45) is 0.327. The zero-order chi connectivity index (χ0) is 28.5. The lowest BCUT2D eigenvalue weighted by Crippen LogP contribution is -2.41. The maximum atomic E-state index is 13.0. The van der Waals surface area contributed by atoms with Gasteiger partial charge in [0.05, 0.1) is 11.4 Å². The van der Waals surface area contributed by atoms with Crippen molar-refractivity contribution in [2.24, 2.45) is 5.73 Å². The molecule has 0 aromatic heterocycles. The molecule has 14 heteroatoms. The average molecular weight is 567 g/mol. The summed E-state index contributed by atoms with van der Waals surface area (Å²) < 4.78 is 32.2. The van der Waals surface area contributed by atoms with Gasteiger partial charge in [-0.3, -0.25) is 24.1 Å². The fraction of sp³-hybridized carbons (Fsp3) is 0.333. The van der Waals surface area contributed by atoms with Crippen molar-refractivity contribution in [2.45, 2.75) is 19.9 Å². The summed E-state index contributed by atoms with van der Waals surface area (Å²) in [4.78, 5) is 36.7. The Labute approximate surface area is 226 Å². The summed E-state index contributed by atoms with van der Waals surface area (Å²) in [6.45, 7) is 0.902. The van der Waals surface area contributed by atoms with Crippen molar-refractivity contribution < 1.29 is 27.5 Å². The molecule has 0 atom stereocenters. The molecule has 6 N–H and O–H groups in total. The van der Waals surface area contributed by atoms with Crippen LogP contribution >= 0.6 is 11.6 Å². The Balaban J connectivity index is 2.34. The minimum Gasteiger partial charge on any atom is -0.483 e. The number of benzene rings is 2. The smallest absolute Gasteiger partial charge is 0.257 e. The van der Waals surface area contributed by atoms with E-state index in [0.717, 1.165) is 4.31 Å². The van der Waals surface area contributed by atoms with Gasteiger partial charge in [0.2, 0.25) is 15.9 Å². The van der Waals surface area contributed by atoms with E-state index in [2.05, 4.69) is 16.0 Å². The lowest BCUT2D eigenvalue weighted by molar-refractivity contribution is -0.122. The molecule has 206 valence electrons. The molecular formula is C24H31ClN6O6S. The van der Waals surface area contributed by atoms with Gasteiger partial charge < -0.3 is 26.4 Å². The number of likely N-dealkylation sites (N-methyl/N-ethyl adjacent to an activating group) is 2. The van der Waals surface area contributed by atoms with Crippen molar-refractivity contribution in [1.29, 1.82) is 5.41 Å². The molecule has 0 fully saturated rings. The van der Waals surface area contributed by atoms with E-state index in [4.69, 9.17) is 27.5 Å². The van der Waals surface area contributed by atoms with E-state index in [1.165, 1.54) is 38.4 Å². The molecule has 0 spiro atoms. The summed E-state index contributed by atoms with van der Waals surface area (Å²) in [5.74, 6) is -1.64. The second kappa shape index (κ2) is 13.6. The van der Waals surface area contributed by atoms with E-state index >= 15 is 0 Å². The first kappa shape index (κ1) is 30.4. The highest BCUT2D eigenvalue weighted by atomic mass is 35.5. The topological polar surface area (TPSA) is 184 Å². The quantitative estimate of drug-likeness (QED) is 0.177. The molecule has 0 aliphatic rings. The Morgan fingerprint density at radius 2 is 1.74 bits per heavy atom. The molecule has 0 aliphatic heterocycles. The number of nitrogen functional groups attached to an aromatic ring is 1. The third-order valence-electron chi connectivity index (χ3n) is 5.25. The number of nitrogens with one attached hydrogen (secondary N) is 4. The first-order chi connectivity index (χ1) is 17.9. The molecule has 2 aromatic rings. The van der Waals surface area contributed by atoms with Gasteiger partial charge >= 0.3 is 0 Å². The van der Waals surface area contributed by atoms with Crippen LogP contribution in [-0.2, 0) is 26.2 Å². The molecule has 2 aromatic carbocycles. The highest BCUT2D eigenvalue weighted by Gasteiger charge is 2.25. The van der Waals surface area contributed by atoms with E-state index in [-0.39, 0.29) is 52.7 Å². The normalized spacial score (nSPS) is 10.8. The number of nitrogens with two attached hydrogens (primary N) is 1. The molecule has 0 aliphatic carbocycles. The maximum absolute atomic E-state index is 13.0. The molecule has 2 rings (SSSR count). The lowest BCUT2D eigenvalue weighted by Gasteiger charge is -2.24. The van der Waals surface area contributed by atoms with Crippen LogP contribution in [0.4, 0.5) is 5.69 Å². The Hall–Kier alpha value is -3.84. The van der Waals surface area contributed by atoms with E-state index in [1.54, 1.807) is 19.1 Å². The number of nitrogens with zero attached hydrogens (tertiary/aromatic N) is 1. The highest BCUT2D eigenvalue weighted by Crippen LogP contribution is 2.26. The van der Waals surface area contributed by atoms with Crippen LogP contribution < -0.4 is 30.7 Å². The Kier molecular flexibility index (Phi) is 10.9. The fourth-order valence-electron chi connectivity index (χ4n) is 3.27. The van der Waals surface area contributed by atoms with Gasteiger partial charge in [-0.15, -0.1) is 0 Å². The number of halogens is 1.